The number of hydrogen-bond acceptors (Lipinski definition) is 4. The molecule has 1 amide bonds. The van der Waals surface area contributed by atoms with Crippen molar-refractivity contribution in [3.05, 3.63) is 35.9 Å². The van der Waals surface area contributed by atoms with E-state index in [1.165, 1.54) is 0 Å². The van der Waals surface area contributed by atoms with Crippen LogP contribution in [0.1, 0.15) is 55.8 Å². The first kappa shape index (κ1) is 19.8. The van der Waals surface area contributed by atoms with Crippen LogP contribution in [-0.4, -0.2) is 34.8 Å². The van der Waals surface area contributed by atoms with Crippen LogP contribution in [0.2, 0.25) is 0 Å². The summed E-state index contributed by atoms with van der Waals surface area (Å²) >= 11 is 0. The highest BCUT2D eigenvalue weighted by molar-refractivity contribution is 6.07. The van der Waals surface area contributed by atoms with Crippen molar-refractivity contribution in [3.8, 4) is 0 Å². The molecule has 1 aromatic rings. The van der Waals surface area contributed by atoms with E-state index in [2.05, 4.69) is 5.32 Å². The minimum atomic E-state index is -1.79. The third kappa shape index (κ3) is 5.77. The van der Waals surface area contributed by atoms with E-state index in [0.29, 0.717) is 31.4 Å². The van der Waals surface area contributed by atoms with E-state index in [1.54, 1.807) is 24.3 Å². The molecule has 0 fully saturated rings. The SMILES string of the molecule is CCCCC(N)(C(=O)O)C(=O)CCCCNC(=O)c1ccccc1. The molecule has 1 unspecified atom stereocenters. The topological polar surface area (TPSA) is 109 Å². The maximum Gasteiger partial charge on any atom is 0.331 e. The summed E-state index contributed by atoms with van der Waals surface area (Å²) in [4.78, 5) is 35.3. The smallest absolute Gasteiger partial charge is 0.331 e. The summed E-state index contributed by atoms with van der Waals surface area (Å²) in [5, 5.41) is 12.0. The molecular weight excluding hydrogens is 308 g/mol. The van der Waals surface area contributed by atoms with Gasteiger partial charge < -0.3 is 16.2 Å². The number of carboxylic acids is 1. The summed E-state index contributed by atoms with van der Waals surface area (Å²) in [5.41, 5.74) is 4.59. The highest BCUT2D eigenvalue weighted by atomic mass is 16.4. The van der Waals surface area contributed by atoms with Crippen molar-refractivity contribution in [2.24, 2.45) is 5.73 Å². The van der Waals surface area contributed by atoms with E-state index in [4.69, 9.17) is 5.73 Å². The summed E-state index contributed by atoms with van der Waals surface area (Å²) in [6.07, 6.45) is 2.73. The zero-order valence-corrected chi connectivity index (χ0v) is 14.1. The lowest BCUT2D eigenvalue weighted by molar-refractivity contribution is -0.148. The van der Waals surface area contributed by atoms with Gasteiger partial charge in [0.05, 0.1) is 0 Å². The molecule has 6 nitrogen and oxygen atoms in total. The Balaban J connectivity index is 2.34. The van der Waals surface area contributed by atoms with Crippen molar-refractivity contribution in [2.45, 2.75) is 51.0 Å². The van der Waals surface area contributed by atoms with Crippen molar-refractivity contribution < 1.29 is 19.5 Å². The molecule has 0 radical (unpaired) electrons. The van der Waals surface area contributed by atoms with Crippen LogP contribution in [0.15, 0.2) is 30.3 Å². The number of nitrogens with two attached hydrogens (primary N) is 1. The number of amides is 1. The van der Waals surface area contributed by atoms with Crippen LogP contribution in [0.4, 0.5) is 0 Å². The van der Waals surface area contributed by atoms with E-state index in [1.807, 2.05) is 13.0 Å². The molecule has 24 heavy (non-hydrogen) atoms. The van der Waals surface area contributed by atoms with E-state index in [9.17, 15) is 19.5 Å². The number of ketones is 1. The number of hydrogen-bond donors (Lipinski definition) is 3. The number of benzene rings is 1. The zero-order valence-electron chi connectivity index (χ0n) is 14.1. The number of unbranched alkanes of at least 4 members (excludes halogenated alkanes) is 2. The Hall–Kier alpha value is -2.21. The molecule has 0 saturated carbocycles. The van der Waals surface area contributed by atoms with Gasteiger partial charge >= 0.3 is 5.97 Å². The maximum absolute atomic E-state index is 12.1. The number of rotatable bonds is 11. The number of carbonyl (C=O) groups excluding carboxylic acids is 2. The highest BCUT2D eigenvalue weighted by Crippen LogP contribution is 2.16. The lowest BCUT2D eigenvalue weighted by atomic mass is 9.86. The molecular formula is C18H26N2O4. The first-order chi connectivity index (χ1) is 11.4. The largest absolute Gasteiger partial charge is 0.480 e. The van der Waals surface area contributed by atoms with Crippen LogP contribution < -0.4 is 11.1 Å². The molecule has 1 aromatic carbocycles. The standard InChI is InChI=1S/C18H26N2O4/c1-2-3-12-18(19,17(23)24)15(21)11-7-8-13-20-16(22)14-9-5-4-6-10-14/h4-6,9-10H,2-3,7-8,11-13,19H2,1H3,(H,20,22)(H,23,24). The Morgan fingerprint density at radius 1 is 1.12 bits per heavy atom. The Bertz CT molecular complexity index is 559. The van der Waals surface area contributed by atoms with E-state index < -0.39 is 17.3 Å². The van der Waals surface area contributed by atoms with Gasteiger partial charge in [-0.15, -0.1) is 0 Å². The molecule has 6 heteroatoms. The number of Topliss-reactive ketones (excluding diaryl/α,β-unsaturated/α-hetero) is 1. The lowest BCUT2D eigenvalue weighted by Gasteiger charge is -2.23. The van der Waals surface area contributed by atoms with Gasteiger partial charge in [0.1, 0.15) is 0 Å². The van der Waals surface area contributed by atoms with Gasteiger partial charge in [-0.3, -0.25) is 9.59 Å². The van der Waals surface area contributed by atoms with Crippen LogP contribution in [0.5, 0.6) is 0 Å². The molecule has 0 heterocycles. The fourth-order valence-corrected chi connectivity index (χ4v) is 2.35. The van der Waals surface area contributed by atoms with Crippen molar-refractivity contribution in [1.82, 2.24) is 5.32 Å². The van der Waals surface area contributed by atoms with Gasteiger partial charge in [-0.2, -0.15) is 0 Å². The van der Waals surface area contributed by atoms with Gasteiger partial charge in [-0.1, -0.05) is 38.0 Å². The van der Waals surface area contributed by atoms with Gasteiger partial charge in [-0.25, -0.2) is 4.79 Å². The molecule has 0 aliphatic carbocycles. The number of carbonyl (C=O) groups is 3. The van der Waals surface area contributed by atoms with Gasteiger partial charge in [0.25, 0.3) is 5.91 Å². The minimum Gasteiger partial charge on any atom is -0.480 e. The molecule has 4 N–H and O–H groups in total. The second kappa shape index (κ2) is 9.82. The monoisotopic (exact) mass is 334 g/mol. The summed E-state index contributed by atoms with van der Waals surface area (Å²) in [6, 6.07) is 8.86. The van der Waals surface area contributed by atoms with Crippen molar-refractivity contribution >= 4 is 17.7 Å². The van der Waals surface area contributed by atoms with E-state index in [-0.39, 0.29) is 18.7 Å². The quantitative estimate of drug-likeness (QED) is 0.424. The third-order valence-corrected chi connectivity index (χ3v) is 3.96. The summed E-state index contributed by atoms with van der Waals surface area (Å²) < 4.78 is 0. The number of carboxylic acid groups (broad SMARTS) is 1. The second-order valence-electron chi connectivity index (χ2n) is 5.88. The van der Waals surface area contributed by atoms with Crippen LogP contribution in [0.3, 0.4) is 0 Å². The van der Waals surface area contributed by atoms with Gasteiger partial charge in [0.2, 0.25) is 0 Å². The fraction of sp³-hybridized carbons (Fsp3) is 0.500. The Morgan fingerprint density at radius 2 is 1.79 bits per heavy atom. The first-order valence-corrected chi connectivity index (χ1v) is 8.30. The first-order valence-electron chi connectivity index (χ1n) is 8.30. The molecule has 1 rings (SSSR count). The Labute approximate surface area is 142 Å². The second-order valence-corrected chi connectivity index (χ2v) is 5.88. The van der Waals surface area contributed by atoms with Crippen LogP contribution in [0, 0.1) is 0 Å². The molecule has 1 atom stereocenters. The molecule has 0 aromatic heterocycles. The maximum atomic E-state index is 12.1. The van der Waals surface area contributed by atoms with Gasteiger partial charge in [0.15, 0.2) is 11.3 Å². The van der Waals surface area contributed by atoms with Crippen LogP contribution in [-0.2, 0) is 9.59 Å². The molecule has 0 spiro atoms. The van der Waals surface area contributed by atoms with E-state index >= 15 is 0 Å². The zero-order chi connectivity index (χ0) is 18.0. The van der Waals surface area contributed by atoms with Gasteiger partial charge in [0, 0.05) is 18.5 Å². The average molecular weight is 334 g/mol. The van der Waals surface area contributed by atoms with Gasteiger partial charge in [-0.05, 0) is 31.4 Å². The summed E-state index contributed by atoms with van der Waals surface area (Å²) in [6.45, 7) is 2.35. The predicted octanol–water partition coefficient (Wildman–Crippen LogP) is 2.13. The number of nitrogens with one attached hydrogen (secondary N) is 1. The predicted molar refractivity (Wildman–Crippen MR) is 91.7 cm³/mol. The highest BCUT2D eigenvalue weighted by Gasteiger charge is 2.40. The minimum absolute atomic E-state index is 0.105. The summed E-state index contributed by atoms with van der Waals surface area (Å²) in [5.74, 6) is -1.88. The number of aliphatic carboxylic acids is 1. The molecule has 0 bridgehead atoms. The normalized spacial score (nSPS) is 13.1. The third-order valence-electron chi connectivity index (χ3n) is 3.96. The lowest BCUT2D eigenvalue weighted by Crippen LogP contribution is -2.54. The van der Waals surface area contributed by atoms with Crippen molar-refractivity contribution in [3.63, 3.8) is 0 Å². The van der Waals surface area contributed by atoms with Crippen LogP contribution in [0.25, 0.3) is 0 Å². The Morgan fingerprint density at radius 3 is 2.38 bits per heavy atom. The molecule has 0 aliphatic heterocycles. The summed E-state index contributed by atoms with van der Waals surface area (Å²) in [7, 11) is 0. The van der Waals surface area contributed by atoms with Crippen LogP contribution >= 0.6 is 0 Å². The Kier molecular flexibility index (Phi) is 8.12. The average Bonchev–Trinajstić information content (AvgIpc) is 2.59. The van der Waals surface area contributed by atoms with E-state index in [0.717, 1.165) is 6.42 Å². The molecule has 0 aliphatic rings. The van der Waals surface area contributed by atoms with Crippen molar-refractivity contribution in [1.29, 1.82) is 0 Å². The molecule has 132 valence electrons. The fourth-order valence-electron chi connectivity index (χ4n) is 2.35. The molecule has 0 saturated heterocycles. The van der Waals surface area contributed by atoms with Crippen molar-refractivity contribution in [2.75, 3.05) is 6.54 Å².